The molecule has 3 atom stereocenters. The molecule has 0 unspecified atom stereocenters. The van der Waals surface area contributed by atoms with Crippen molar-refractivity contribution in [1.82, 2.24) is 10.0 Å². The first-order valence-electron chi connectivity index (χ1n) is 9.97. The van der Waals surface area contributed by atoms with Gasteiger partial charge in [0.05, 0.1) is 4.90 Å². The summed E-state index contributed by atoms with van der Waals surface area (Å²) in [6.45, 7) is 2.13. The maximum absolute atomic E-state index is 13.1. The molecule has 0 heterocycles. The standard InChI is InChI=1S/C22H27ClN2O3S/c1-16-7-5-6-10-20(16)24-22(26)21(15-17-8-3-2-4-9-17)25-29(27,28)19-13-11-18(23)12-14-19/h2-4,8-9,11-14,16,20-21,25H,5-7,10,15H2,1H3,(H,24,26)/t16-,20-,21-/m1/s1. The van der Waals surface area contributed by atoms with Gasteiger partial charge in [0.1, 0.15) is 6.04 Å². The average molecular weight is 435 g/mol. The largest absolute Gasteiger partial charge is 0.352 e. The highest BCUT2D eigenvalue weighted by molar-refractivity contribution is 7.89. The van der Waals surface area contributed by atoms with Gasteiger partial charge in [-0.05, 0) is 55.0 Å². The van der Waals surface area contributed by atoms with E-state index in [2.05, 4.69) is 17.0 Å². The van der Waals surface area contributed by atoms with Crippen molar-refractivity contribution in [2.45, 2.75) is 56.0 Å². The molecule has 1 fully saturated rings. The average Bonchev–Trinajstić information content (AvgIpc) is 2.70. The predicted octanol–water partition coefficient (Wildman–Crippen LogP) is 3.92. The van der Waals surface area contributed by atoms with Crippen molar-refractivity contribution in [2.24, 2.45) is 5.92 Å². The van der Waals surface area contributed by atoms with Gasteiger partial charge >= 0.3 is 0 Å². The fourth-order valence-corrected chi connectivity index (χ4v) is 5.04. The Hall–Kier alpha value is -1.89. The lowest BCUT2D eigenvalue weighted by molar-refractivity contribution is -0.124. The highest BCUT2D eigenvalue weighted by Gasteiger charge is 2.30. The second kappa shape index (κ2) is 9.74. The summed E-state index contributed by atoms with van der Waals surface area (Å²) < 4.78 is 28.3. The highest BCUT2D eigenvalue weighted by atomic mass is 35.5. The topological polar surface area (TPSA) is 75.3 Å². The summed E-state index contributed by atoms with van der Waals surface area (Å²) in [5, 5.41) is 3.54. The monoisotopic (exact) mass is 434 g/mol. The second-order valence-electron chi connectivity index (χ2n) is 7.69. The van der Waals surface area contributed by atoms with Gasteiger partial charge in [-0.15, -0.1) is 0 Å². The first-order chi connectivity index (χ1) is 13.8. The zero-order valence-corrected chi connectivity index (χ0v) is 18.0. The summed E-state index contributed by atoms with van der Waals surface area (Å²) in [5.41, 5.74) is 0.892. The SMILES string of the molecule is C[C@@H]1CCCC[C@H]1NC(=O)[C@@H](Cc1ccccc1)NS(=O)(=O)c1ccc(Cl)cc1. The molecule has 5 nitrogen and oxygen atoms in total. The van der Waals surface area contributed by atoms with Crippen LogP contribution in [0, 0.1) is 5.92 Å². The van der Waals surface area contributed by atoms with Crippen molar-refractivity contribution >= 4 is 27.5 Å². The smallest absolute Gasteiger partial charge is 0.241 e. The Balaban J connectivity index is 1.80. The molecule has 29 heavy (non-hydrogen) atoms. The number of carbonyl (C=O) groups is 1. The Bertz CT molecular complexity index is 917. The lowest BCUT2D eigenvalue weighted by Crippen LogP contribution is -2.52. The predicted molar refractivity (Wildman–Crippen MR) is 115 cm³/mol. The highest BCUT2D eigenvalue weighted by Crippen LogP contribution is 2.24. The normalized spacial score (nSPS) is 20.8. The molecule has 0 bridgehead atoms. The zero-order chi connectivity index (χ0) is 20.9. The van der Waals surface area contributed by atoms with Crippen LogP contribution < -0.4 is 10.0 Å². The fraction of sp³-hybridized carbons (Fsp3) is 0.409. The molecule has 0 aliphatic heterocycles. The number of hydrogen-bond donors (Lipinski definition) is 2. The Morgan fingerprint density at radius 1 is 1.07 bits per heavy atom. The van der Waals surface area contributed by atoms with Crippen LogP contribution >= 0.6 is 11.6 Å². The van der Waals surface area contributed by atoms with Crippen LogP contribution in [0.2, 0.25) is 5.02 Å². The molecule has 2 aromatic carbocycles. The van der Waals surface area contributed by atoms with Gasteiger partial charge < -0.3 is 5.32 Å². The van der Waals surface area contributed by atoms with Gasteiger partial charge in [0, 0.05) is 11.1 Å². The molecule has 1 aliphatic rings. The van der Waals surface area contributed by atoms with E-state index >= 15 is 0 Å². The molecular formula is C22H27ClN2O3S. The second-order valence-corrected chi connectivity index (χ2v) is 9.84. The van der Waals surface area contributed by atoms with Crippen LogP contribution in [0.15, 0.2) is 59.5 Å². The quantitative estimate of drug-likeness (QED) is 0.693. The minimum Gasteiger partial charge on any atom is -0.352 e. The summed E-state index contributed by atoms with van der Waals surface area (Å²) in [5.74, 6) is 0.100. The molecule has 7 heteroatoms. The molecule has 156 valence electrons. The van der Waals surface area contributed by atoms with Crippen molar-refractivity contribution in [3.63, 3.8) is 0 Å². The van der Waals surface area contributed by atoms with Gasteiger partial charge in [-0.3, -0.25) is 4.79 Å². The van der Waals surface area contributed by atoms with E-state index in [9.17, 15) is 13.2 Å². The molecule has 2 N–H and O–H groups in total. The maximum Gasteiger partial charge on any atom is 0.241 e. The lowest BCUT2D eigenvalue weighted by Gasteiger charge is -2.31. The fourth-order valence-electron chi connectivity index (χ4n) is 3.72. The third kappa shape index (κ3) is 6.04. The maximum atomic E-state index is 13.1. The van der Waals surface area contributed by atoms with Crippen molar-refractivity contribution in [2.75, 3.05) is 0 Å². The van der Waals surface area contributed by atoms with Crippen LogP contribution in [-0.4, -0.2) is 26.4 Å². The number of benzene rings is 2. The molecular weight excluding hydrogens is 408 g/mol. The number of hydrogen-bond acceptors (Lipinski definition) is 3. The first-order valence-corrected chi connectivity index (χ1v) is 11.8. The van der Waals surface area contributed by atoms with Gasteiger partial charge in [-0.2, -0.15) is 4.72 Å². The van der Waals surface area contributed by atoms with Crippen molar-refractivity contribution in [3.8, 4) is 0 Å². The molecule has 1 saturated carbocycles. The van der Waals surface area contributed by atoms with Gasteiger partial charge in [0.15, 0.2) is 0 Å². The van der Waals surface area contributed by atoms with Crippen LogP contribution in [0.3, 0.4) is 0 Å². The number of halogens is 1. The van der Waals surface area contributed by atoms with Crippen LogP contribution in [0.25, 0.3) is 0 Å². The number of sulfonamides is 1. The Kier molecular flexibility index (Phi) is 7.33. The summed E-state index contributed by atoms with van der Waals surface area (Å²) in [6.07, 6.45) is 4.53. The molecule has 1 amide bonds. The molecule has 0 spiro atoms. The Morgan fingerprint density at radius 3 is 2.38 bits per heavy atom. The van der Waals surface area contributed by atoms with Crippen molar-refractivity contribution in [1.29, 1.82) is 0 Å². The van der Waals surface area contributed by atoms with Crippen LogP contribution in [0.1, 0.15) is 38.2 Å². The van der Waals surface area contributed by atoms with E-state index in [0.29, 0.717) is 10.9 Å². The summed E-state index contributed by atoms with van der Waals surface area (Å²) in [4.78, 5) is 13.1. The van der Waals surface area contributed by atoms with Gasteiger partial charge in [-0.1, -0.05) is 61.7 Å². The van der Waals surface area contributed by atoms with Gasteiger partial charge in [0.2, 0.25) is 15.9 Å². The summed E-state index contributed by atoms with van der Waals surface area (Å²) >= 11 is 5.87. The molecule has 0 aromatic heterocycles. The molecule has 2 aromatic rings. The van der Waals surface area contributed by atoms with Gasteiger partial charge in [0.25, 0.3) is 0 Å². The van der Waals surface area contributed by atoms with E-state index in [1.165, 1.54) is 30.7 Å². The van der Waals surface area contributed by atoms with E-state index in [1.807, 2.05) is 30.3 Å². The van der Waals surface area contributed by atoms with Crippen LogP contribution in [0.5, 0.6) is 0 Å². The van der Waals surface area contributed by atoms with Crippen LogP contribution in [0.4, 0.5) is 0 Å². The van der Waals surface area contributed by atoms with E-state index in [1.54, 1.807) is 0 Å². The van der Waals surface area contributed by atoms with E-state index < -0.39 is 16.1 Å². The molecule has 0 radical (unpaired) electrons. The van der Waals surface area contributed by atoms with Crippen LogP contribution in [-0.2, 0) is 21.2 Å². The Labute approximate surface area is 177 Å². The Morgan fingerprint density at radius 2 is 1.72 bits per heavy atom. The van der Waals surface area contributed by atoms with E-state index in [4.69, 9.17) is 11.6 Å². The molecule has 1 aliphatic carbocycles. The zero-order valence-electron chi connectivity index (χ0n) is 16.5. The third-order valence-electron chi connectivity index (χ3n) is 5.46. The number of nitrogens with one attached hydrogen (secondary N) is 2. The third-order valence-corrected chi connectivity index (χ3v) is 7.20. The number of carbonyl (C=O) groups excluding carboxylic acids is 1. The summed E-state index contributed by atoms with van der Waals surface area (Å²) in [6, 6.07) is 14.5. The minimum absolute atomic E-state index is 0.0783. The number of amides is 1. The summed E-state index contributed by atoms with van der Waals surface area (Å²) in [7, 11) is -3.87. The van der Waals surface area contributed by atoms with E-state index in [0.717, 1.165) is 24.8 Å². The van der Waals surface area contributed by atoms with Crippen molar-refractivity contribution in [3.05, 3.63) is 65.2 Å². The first kappa shape index (κ1) is 21.8. The lowest BCUT2D eigenvalue weighted by atomic mass is 9.86. The number of rotatable bonds is 7. The van der Waals surface area contributed by atoms with E-state index in [-0.39, 0.29) is 23.3 Å². The molecule has 0 saturated heterocycles. The molecule has 3 rings (SSSR count). The minimum atomic E-state index is -3.87. The van der Waals surface area contributed by atoms with Crippen molar-refractivity contribution < 1.29 is 13.2 Å². The van der Waals surface area contributed by atoms with Gasteiger partial charge in [-0.25, -0.2) is 8.42 Å².